The minimum atomic E-state index is -3.43. The Labute approximate surface area is 154 Å². The number of carbonyl (C=O) groups excluding carboxylic acids is 1. The van der Waals surface area contributed by atoms with Crippen molar-refractivity contribution in [2.75, 3.05) is 6.26 Å². The van der Waals surface area contributed by atoms with Crippen LogP contribution in [-0.4, -0.2) is 25.8 Å². The molecule has 0 fully saturated rings. The van der Waals surface area contributed by atoms with Gasteiger partial charge >= 0.3 is 0 Å². The van der Waals surface area contributed by atoms with Crippen LogP contribution in [0, 0.1) is 0 Å². The fraction of sp³-hybridized carbons (Fsp3) is 0.421. The lowest BCUT2D eigenvalue weighted by atomic mass is 9.95. The molecule has 2 aromatic rings. The van der Waals surface area contributed by atoms with Crippen LogP contribution in [0.2, 0.25) is 0 Å². The summed E-state index contributed by atoms with van der Waals surface area (Å²) in [6.07, 6.45) is 2.15. The minimum Gasteiger partial charge on any atom is -0.343 e. The normalized spacial score (nSPS) is 15.4. The van der Waals surface area contributed by atoms with E-state index in [1.165, 1.54) is 23.8 Å². The molecule has 4 nitrogen and oxygen atoms in total. The van der Waals surface area contributed by atoms with Gasteiger partial charge in [0.15, 0.2) is 9.84 Å². The van der Waals surface area contributed by atoms with Gasteiger partial charge in [-0.3, -0.25) is 4.79 Å². The van der Waals surface area contributed by atoms with E-state index in [1.54, 1.807) is 0 Å². The highest BCUT2D eigenvalue weighted by atomic mass is 32.2. The van der Waals surface area contributed by atoms with E-state index < -0.39 is 21.0 Å². The monoisotopic (exact) mass is 379 g/mol. The largest absolute Gasteiger partial charge is 0.343 e. The number of carbonyl (C=O) groups is 1. The predicted molar refractivity (Wildman–Crippen MR) is 104 cm³/mol. The van der Waals surface area contributed by atoms with Crippen LogP contribution in [0.15, 0.2) is 41.8 Å². The first-order chi connectivity index (χ1) is 11.7. The summed E-state index contributed by atoms with van der Waals surface area (Å²) in [5.41, 5.74) is 2.20. The third-order valence-corrected chi connectivity index (χ3v) is 7.01. The topological polar surface area (TPSA) is 63.2 Å². The second kappa shape index (κ2) is 8.15. The first-order valence-corrected chi connectivity index (χ1v) is 11.2. The Morgan fingerprint density at radius 3 is 2.20 bits per heavy atom. The van der Waals surface area contributed by atoms with E-state index in [0.717, 1.165) is 23.1 Å². The van der Waals surface area contributed by atoms with Crippen LogP contribution in [0.4, 0.5) is 0 Å². The summed E-state index contributed by atoms with van der Waals surface area (Å²) < 4.78 is 23.3. The second-order valence-corrected chi connectivity index (χ2v) is 9.75. The summed E-state index contributed by atoms with van der Waals surface area (Å²) in [4.78, 5) is 13.4. The highest BCUT2D eigenvalue weighted by Gasteiger charge is 2.27. The number of amides is 1. The van der Waals surface area contributed by atoms with E-state index in [1.807, 2.05) is 29.6 Å². The lowest BCUT2D eigenvalue weighted by Gasteiger charge is -2.21. The molecule has 1 N–H and O–H groups in total. The fourth-order valence-electron chi connectivity index (χ4n) is 2.48. The molecule has 3 atom stereocenters. The lowest BCUT2D eigenvalue weighted by molar-refractivity contribution is -0.120. The van der Waals surface area contributed by atoms with Crippen molar-refractivity contribution < 1.29 is 13.2 Å². The molecule has 0 bridgehead atoms. The average Bonchev–Trinajstić information content (AvgIpc) is 3.11. The molecule has 0 saturated carbocycles. The zero-order valence-corrected chi connectivity index (χ0v) is 16.7. The molecule has 2 rings (SSSR count). The molecule has 0 aliphatic rings. The Hall–Kier alpha value is -1.66. The number of rotatable bonds is 7. The molecule has 6 heteroatoms. The molecule has 1 aromatic heterocycles. The van der Waals surface area contributed by atoms with Gasteiger partial charge in [0.2, 0.25) is 5.91 Å². The molecule has 0 aliphatic carbocycles. The number of hydrogen-bond acceptors (Lipinski definition) is 4. The van der Waals surface area contributed by atoms with Crippen molar-refractivity contribution >= 4 is 27.1 Å². The van der Waals surface area contributed by atoms with Gasteiger partial charge in [0.25, 0.3) is 0 Å². The number of benzene rings is 1. The van der Waals surface area contributed by atoms with E-state index in [2.05, 4.69) is 31.3 Å². The van der Waals surface area contributed by atoms with Crippen molar-refractivity contribution in [2.24, 2.45) is 0 Å². The number of sulfone groups is 1. The summed E-state index contributed by atoms with van der Waals surface area (Å²) in [6, 6.07) is 11.7. The third-order valence-electron chi connectivity index (χ3n) is 4.58. The summed E-state index contributed by atoms with van der Waals surface area (Å²) in [5, 5.41) is 3.77. The summed E-state index contributed by atoms with van der Waals surface area (Å²) in [7, 11) is -3.43. The van der Waals surface area contributed by atoms with Gasteiger partial charge in [0, 0.05) is 11.1 Å². The molecular weight excluding hydrogens is 354 g/mol. The molecule has 1 aromatic carbocycles. The Morgan fingerprint density at radius 1 is 1.12 bits per heavy atom. The average molecular weight is 380 g/mol. The Bertz CT molecular complexity index is 796. The van der Waals surface area contributed by atoms with Crippen LogP contribution in [0.3, 0.4) is 0 Å². The van der Waals surface area contributed by atoms with Gasteiger partial charge < -0.3 is 5.32 Å². The third kappa shape index (κ3) is 4.92. The maximum atomic E-state index is 12.4. The molecule has 3 unspecified atom stereocenters. The quantitative estimate of drug-likeness (QED) is 0.793. The first-order valence-electron chi connectivity index (χ1n) is 8.36. The van der Waals surface area contributed by atoms with E-state index in [0.29, 0.717) is 5.92 Å². The van der Waals surface area contributed by atoms with Crippen LogP contribution < -0.4 is 5.32 Å². The van der Waals surface area contributed by atoms with E-state index >= 15 is 0 Å². The first kappa shape index (κ1) is 19.7. The Balaban J connectivity index is 2.30. The predicted octanol–water partition coefficient (Wildman–Crippen LogP) is 3.90. The van der Waals surface area contributed by atoms with E-state index in [4.69, 9.17) is 0 Å². The van der Waals surface area contributed by atoms with Crippen LogP contribution in [-0.2, 0) is 14.6 Å². The Kier molecular flexibility index (Phi) is 6.41. The van der Waals surface area contributed by atoms with Gasteiger partial charge in [0.1, 0.15) is 5.25 Å². The van der Waals surface area contributed by atoms with Crippen molar-refractivity contribution in [2.45, 2.75) is 44.4 Å². The maximum Gasteiger partial charge on any atom is 0.238 e. The number of hydrogen-bond donors (Lipinski definition) is 1. The standard InChI is InChI=1S/C19H25NO3S2/c1-5-13(2)15-8-10-16(11-9-15)18(17-7-6-12-24-17)20-19(21)14(3)25(4,22)23/h6-14,18H,5H2,1-4H3,(H,20,21). The van der Waals surface area contributed by atoms with Gasteiger partial charge in [-0.15, -0.1) is 11.3 Å². The summed E-state index contributed by atoms with van der Waals surface area (Å²) >= 11 is 1.54. The molecule has 1 heterocycles. The molecule has 25 heavy (non-hydrogen) atoms. The number of nitrogens with one attached hydrogen (secondary N) is 1. The highest BCUT2D eigenvalue weighted by Crippen LogP contribution is 2.28. The van der Waals surface area contributed by atoms with Gasteiger partial charge in [-0.1, -0.05) is 44.2 Å². The molecule has 1 amide bonds. The zero-order valence-electron chi connectivity index (χ0n) is 15.0. The van der Waals surface area contributed by atoms with Crippen LogP contribution in [0.25, 0.3) is 0 Å². The van der Waals surface area contributed by atoms with Crippen LogP contribution >= 0.6 is 11.3 Å². The highest BCUT2D eigenvalue weighted by molar-refractivity contribution is 7.92. The van der Waals surface area contributed by atoms with Gasteiger partial charge in [-0.2, -0.15) is 0 Å². The molecule has 0 saturated heterocycles. The zero-order chi connectivity index (χ0) is 18.6. The smallest absolute Gasteiger partial charge is 0.238 e. The van der Waals surface area contributed by atoms with Crippen molar-refractivity contribution in [1.82, 2.24) is 5.32 Å². The molecule has 0 spiro atoms. The fourth-order valence-corrected chi connectivity index (χ4v) is 3.74. The second-order valence-electron chi connectivity index (χ2n) is 6.40. The molecular formula is C19H25NO3S2. The lowest BCUT2D eigenvalue weighted by Crippen LogP contribution is -2.39. The minimum absolute atomic E-state index is 0.345. The number of thiophene rings is 1. The van der Waals surface area contributed by atoms with Crippen LogP contribution in [0.1, 0.15) is 55.2 Å². The van der Waals surface area contributed by atoms with Gasteiger partial charge in [-0.05, 0) is 41.8 Å². The van der Waals surface area contributed by atoms with Crippen molar-refractivity contribution in [1.29, 1.82) is 0 Å². The van der Waals surface area contributed by atoms with Crippen LogP contribution in [0.5, 0.6) is 0 Å². The molecule has 0 radical (unpaired) electrons. The van der Waals surface area contributed by atoms with Gasteiger partial charge in [0.05, 0.1) is 6.04 Å². The van der Waals surface area contributed by atoms with Crippen molar-refractivity contribution in [3.05, 3.63) is 57.8 Å². The van der Waals surface area contributed by atoms with Crippen molar-refractivity contribution in [3.8, 4) is 0 Å². The summed E-state index contributed by atoms with van der Waals surface area (Å²) in [6.45, 7) is 5.75. The van der Waals surface area contributed by atoms with Gasteiger partial charge in [-0.25, -0.2) is 8.42 Å². The summed E-state index contributed by atoms with van der Waals surface area (Å²) in [5.74, 6) is 0.000915. The molecule has 0 aliphatic heterocycles. The van der Waals surface area contributed by atoms with E-state index in [9.17, 15) is 13.2 Å². The molecule has 136 valence electrons. The Morgan fingerprint density at radius 2 is 1.72 bits per heavy atom. The van der Waals surface area contributed by atoms with Crippen molar-refractivity contribution in [3.63, 3.8) is 0 Å². The van der Waals surface area contributed by atoms with E-state index in [-0.39, 0.29) is 6.04 Å². The SMILES string of the molecule is CCC(C)c1ccc(C(NC(=O)C(C)S(C)(=O)=O)c2cccs2)cc1. The maximum absolute atomic E-state index is 12.4.